The lowest BCUT2D eigenvalue weighted by atomic mass is 10.1. The summed E-state index contributed by atoms with van der Waals surface area (Å²) in [7, 11) is 0. The Bertz CT molecular complexity index is 634. The van der Waals surface area contributed by atoms with E-state index in [1.54, 1.807) is 0 Å². The van der Waals surface area contributed by atoms with E-state index in [-0.39, 0.29) is 5.02 Å². The lowest BCUT2D eigenvalue weighted by molar-refractivity contribution is 0.473. The van der Waals surface area contributed by atoms with Crippen molar-refractivity contribution in [3.05, 3.63) is 56.8 Å². The molecule has 0 amide bonds. The van der Waals surface area contributed by atoms with Crippen LogP contribution in [-0.4, -0.2) is 6.54 Å². The van der Waals surface area contributed by atoms with Crippen LogP contribution in [0.2, 0.25) is 5.02 Å². The van der Waals surface area contributed by atoms with E-state index < -0.39 is 5.82 Å². The maximum atomic E-state index is 13.5. The molecule has 0 aliphatic carbocycles. The molecular weight excluding hydrogens is 345 g/mol. The number of hydrogen-bond donors (Lipinski definition) is 1. The SMILES string of the molecule is Cc1cc(Oc2cc(F)c(Cl)cc2Br)ccc1CCN. The standard InChI is InChI=1S/C15H14BrClFNO/c1-9-6-11(3-2-10(9)4-5-19)20-15-8-14(18)13(17)7-12(15)16/h2-3,6-8H,4-5,19H2,1H3. The second-order valence-electron chi connectivity index (χ2n) is 4.43. The van der Waals surface area contributed by atoms with Crippen molar-refractivity contribution in [1.82, 2.24) is 0 Å². The van der Waals surface area contributed by atoms with E-state index >= 15 is 0 Å². The first-order chi connectivity index (χ1) is 9.51. The highest BCUT2D eigenvalue weighted by Gasteiger charge is 2.09. The molecule has 0 spiro atoms. The van der Waals surface area contributed by atoms with Crippen LogP contribution in [0.3, 0.4) is 0 Å². The third-order valence-electron chi connectivity index (χ3n) is 2.93. The number of nitrogens with two attached hydrogens (primary N) is 1. The quantitative estimate of drug-likeness (QED) is 0.793. The van der Waals surface area contributed by atoms with Gasteiger partial charge in [-0.3, -0.25) is 0 Å². The van der Waals surface area contributed by atoms with Gasteiger partial charge in [-0.2, -0.15) is 0 Å². The average Bonchev–Trinajstić information content (AvgIpc) is 2.39. The van der Waals surface area contributed by atoms with Crippen LogP contribution in [0, 0.1) is 12.7 Å². The molecule has 0 aliphatic heterocycles. The van der Waals surface area contributed by atoms with Crippen molar-refractivity contribution in [2.45, 2.75) is 13.3 Å². The van der Waals surface area contributed by atoms with Gasteiger partial charge < -0.3 is 10.5 Å². The van der Waals surface area contributed by atoms with Crippen molar-refractivity contribution in [3.8, 4) is 11.5 Å². The summed E-state index contributed by atoms with van der Waals surface area (Å²) >= 11 is 9.00. The van der Waals surface area contributed by atoms with Crippen LogP contribution in [-0.2, 0) is 6.42 Å². The summed E-state index contributed by atoms with van der Waals surface area (Å²) in [6.45, 7) is 2.60. The van der Waals surface area contributed by atoms with E-state index in [9.17, 15) is 4.39 Å². The molecule has 0 bridgehead atoms. The minimum absolute atomic E-state index is 0.0544. The highest BCUT2D eigenvalue weighted by molar-refractivity contribution is 9.10. The second-order valence-corrected chi connectivity index (χ2v) is 5.69. The molecule has 0 unspecified atom stereocenters. The van der Waals surface area contributed by atoms with Gasteiger partial charge in [0, 0.05) is 6.07 Å². The van der Waals surface area contributed by atoms with E-state index in [1.807, 2.05) is 25.1 Å². The Morgan fingerprint density at radius 2 is 2.05 bits per heavy atom. The number of hydrogen-bond acceptors (Lipinski definition) is 2. The maximum absolute atomic E-state index is 13.5. The van der Waals surface area contributed by atoms with Gasteiger partial charge in [0.05, 0.1) is 9.50 Å². The summed E-state index contributed by atoms with van der Waals surface area (Å²) in [6, 6.07) is 8.45. The molecule has 2 rings (SSSR count). The van der Waals surface area contributed by atoms with Gasteiger partial charge >= 0.3 is 0 Å². The van der Waals surface area contributed by atoms with Crippen molar-refractivity contribution in [3.63, 3.8) is 0 Å². The smallest absolute Gasteiger partial charge is 0.145 e. The second kappa shape index (κ2) is 6.57. The highest BCUT2D eigenvalue weighted by Crippen LogP contribution is 2.34. The van der Waals surface area contributed by atoms with Crippen molar-refractivity contribution in [2.75, 3.05) is 6.54 Å². The first-order valence-corrected chi connectivity index (χ1v) is 7.30. The minimum Gasteiger partial charge on any atom is -0.456 e. The molecule has 0 fully saturated rings. The van der Waals surface area contributed by atoms with Crippen LogP contribution >= 0.6 is 27.5 Å². The molecule has 0 radical (unpaired) electrons. The zero-order valence-corrected chi connectivity index (χ0v) is 13.3. The molecule has 0 aromatic heterocycles. The van der Waals surface area contributed by atoms with E-state index in [2.05, 4.69) is 15.9 Å². The van der Waals surface area contributed by atoms with Crippen LogP contribution in [0.25, 0.3) is 0 Å². The van der Waals surface area contributed by atoms with E-state index in [0.29, 0.717) is 22.5 Å². The Balaban J connectivity index is 2.26. The summed E-state index contributed by atoms with van der Waals surface area (Å²) in [4.78, 5) is 0. The first kappa shape index (κ1) is 15.3. The predicted octanol–water partition coefficient (Wildman–Crippen LogP) is 4.84. The van der Waals surface area contributed by atoms with Crippen molar-refractivity contribution >= 4 is 27.5 Å². The van der Waals surface area contributed by atoms with E-state index in [0.717, 1.165) is 12.0 Å². The summed E-state index contributed by atoms with van der Waals surface area (Å²) in [6.07, 6.45) is 0.825. The molecule has 2 nitrogen and oxygen atoms in total. The fraction of sp³-hybridized carbons (Fsp3) is 0.200. The van der Waals surface area contributed by atoms with Crippen molar-refractivity contribution in [1.29, 1.82) is 0 Å². The van der Waals surface area contributed by atoms with E-state index in [1.165, 1.54) is 17.7 Å². The number of halogens is 3. The van der Waals surface area contributed by atoms with Gasteiger partial charge in [-0.15, -0.1) is 0 Å². The number of aryl methyl sites for hydroxylation is 1. The van der Waals surface area contributed by atoms with Gasteiger partial charge in [0.25, 0.3) is 0 Å². The summed E-state index contributed by atoms with van der Waals surface area (Å²) in [5, 5.41) is 0.0544. The molecule has 0 heterocycles. The predicted molar refractivity (Wildman–Crippen MR) is 83.1 cm³/mol. The van der Waals surface area contributed by atoms with Crippen LogP contribution < -0.4 is 10.5 Å². The zero-order chi connectivity index (χ0) is 14.7. The molecule has 0 atom stereocenters. The van der Waals surface area contributed by atoms with Gasteiger partial charge in [0.2, 0.25) is 0 Å². The van der Waals surface area contributed by atoms with E-state index in [4.69, 9.17) is 22.1 Å². The Kier molecular flexibility index (Phi) is 5.02. The largest absolute Gasteiger partial charge is 0.456 e. The number of rotatable bonds is 4. The molecule has 5 heteroatoms. The first-order valence-electron chi connectivity index (χ1n) is 6.13. The molecule has 106 valence electrons. The Morgan fingerprint density at radius 1 is 1.30 bits per heavy atom. The molecule has 2 aromatic rings. The molecular formula is C15H14BrClFNO. The molecule has 0 saturated heterocycles. The van der Waals surface area contributed by atoms with Gasteiger partial charge in [0.1, 0.15) is 17.3 Å². The van der Waals surface area contributed by atoms with Crippen LogP contribution in [0.4, 0.5) is 4.39 Å². The molecule has 2 aromatic carbocycles. The Labute approximate surface area is 130 Å². The monoisotopic (exact) mass is 357 g/mol. The third kappa shape index (κ3) is 3.51. The maximum Gasteiger partial charge on any atom is 0.145 e. The highest BCUT2D eigenvalue weighted by atomic mass is 79.9. The minimum atomic E-state index is -0.513. The summed E-state index contributed by atoms with van der Waals surface area (Å²) < 4.78 is 19.7. The third-order valence-corrected chi connectivity index (χ3v) is 3.84. The van der Waals surface area contributed by atoms with Crippen molar-refractivity contribution < 1.29 is 9.13 Å². The summed E-state index contributed by atoms with van der Waals surface area (Å²) in [5.41, 5.74) is 7.83. The number of benzene rings is 2. The topological polar surface area (TPSA) is 35.2 Å². The fourth-order valence-corrected chi connectivity index (χ4v) is 2.60. The molecule has 20 heavy (non-hydrogen) atoms. The Hall–Kier alpha value is -1.10. The fourth-order valence-electron chi connectivity index (χ4n) is 1.88. The van der Waals surface area contributed by atoms with Crippen LogP contribution in [0.15, 0.2) is 34.8 Å². The molecule has 2 N–H and O–H groups in total. The van der Waals surface area contributed by atoms with Crippen LogP contribution in [0.1, 0.15) is 11.1 Å². The van der Waals surface area contributed by atoms with Gasteiger partial charge in [-0.1, -0.05) is 17.7 Å². The number of ether oxygens (including phenoxy) is 1. The lowest BCUT2D eigenvalue weighted by Gasteiger charge is -2.11. The summed E-state index contributed by atoms with van der Waals surface area (Å²) in [5.74, 6) is 0.518. The van der Waals surface area contributed by atoms with Crippen LogP contribution in [0.5, 0.6) is 11.5 Å². The lowest BCUT2D eigenvalue weighted by Crippen LogP contribution is -2.04. The molecule has 0 aliphatic rings. The zero-order valence-electron chi connectivity index (χ0n) is 10.9. The van der Waals surface area contributed by atoms with Gasteiger partial charge in [-0.25, -0.2) is 4.39 Å². The average molecular weight is 359 g/mol. The van der Waals surface area contributed by atoms with Gasteiger partial charge in [-0.05, 0) is 65.1 Å². The normalized spacial score (nSPS) is 10.7. The van der Waals surface area contributed by atoms with Crippen molar-refractivity contribution in [2.24, 2.45) is 5.73 Å². The Morgan fingerprint density at radius 3 is 2.70 bits per heavy atom. The van der Waals surface area contributed by atoms with Gasteiger partial charge in [0.15, 0.2) is 0 Å². The molecule has 0 saturated carbocycles.